The summed E-state index contributed by atoms with van der Waals surface area (Å²) in [7, 11) is 0. The number of carbonyl (C=O) groups excluding carboxylic acids is 2. The minimum absolute atomic E-state index is 0.0582. The molecule has 6 heteroatoms. The van der Waals surface area contributed by atoms with Crippen molar-refractivity contribution >= 4 is 11.9 Å². The van der Waals surface area contributed by atoms with Crippen LogP contribution < -0.4 is 9.47 Å². The van der Waals surface area contributed by atoms with Crippen LogP contribution in [0.3, 0.4) is 0 Å². The van der Waals surface area contributed by atoms with E-state index in [4.69, 9.17) is 9.47 Å². The normalized spacial score (nSPS) is 10.4. The molecule has 2 aromatic carbocycles. The zero-order valence-electron chi connectivity index (χ0n) is 15.1. The van der Waals surface area contributed by atoms with Gasteiger partial charge in [0.25, 0.3) is 0 Å². The summed E-state index contributed by atoms with van der Waals surface area (Å²) in [6.45, 7) is 0. The lowest BCUT2D eigenvalue weighted by Gasteiger charge is -2.05. The second-order valence-electron chi connectivity index (χ2n) is 6.21. The summed E-state index contributed by atoms with van der Waals surface area (Å²) in [6.07, 6.45) is 4.72. The zero-order chi connectivity index (χ0) is 19.5. The lowest BCUT2D eigenvalue weighted by Crippen LogP contribution is -2.08. The van der Waals surface area contributed by atoms with Gasteiger partial charge in [0, 0.05) is 25.0 Å². The molecule has 0 spiro atoms. The smallest absolute Gasteiger partial charge is 0.311 e. The fraction of sp³-hybridized carbons (Fsp3) is 0.333. The van der Waals surface area contributed by atoms with E-state index in [1.807, 2.05) is 0 Å². The third kappa shape index (κ3) is 8.27. The van der Waals surface area contributed by atoms with Gasteiger partial charge in [0.1, 0.15) is 23.0 Å². The Labute approximate surface area is 158 Å². The fourth-order valence-corrected chi connectivity index (χ4v) is 2.53. The monoisotopic (exact) mass is 372 g/mol. The average Bonchev–Trinajstić information content (AvgIpc) is 2.61. The molecule has 0 unspecified atom stereocenters. The van der Waals surface area contributed by atoms with E-state index >= 15 is 0 Å². The van der Waals surface area contributed by atoms with Crippen molar-refractivity contribution in [1.29, 1.82) is 0 Å². The molecule has 2 aromatic rings. The molecule has 144 valence electrons. The summed E-state index contributed by atoms with van der Waals surface area (Å²) in [5, 5.41) is 18.6. The van der Waals surface area contributed by atoms with E-state index in [1.165, 1.54) is 24.3 Å². The minimum Gasteiger partial charge on any atom is -0.508 e. The Morgan fingerprint density at radius 3 is 1.48 bits per heavy atom. The Hall–Kier alpha value is -3.02. The highest BCUT2D eigenvalue weighted by molar-refractivity contribution is 5.72. The van der Waals surface area contributed by atoms with Crippen molar-refractivity contribution < 1.29 is 29.3 Å². The number of unbranched alkanes of at least 4 members (excludes halogenated alkanes) is 4. The lowest BCUT2D eigenvalue weighted by molar-refractivity contribution is -0.135. The number of hydrogen-bond donors (Lipinski definition) is 2. The molecule has 0 saturated carbocycles. The Morgan fingerprint density at radius 2 is 1.07 bits per heavy atom. The number of carbonyl (C=O) groups is 2. The van der Waals surface area contributed by atoms with Gasteiger partial charge in [0.2, 0.25) is 0 Å². The molecule has 0 aliphatic rings. The van der Waals surface area contributed by atoms with Crippen molar-refractivity contribution in [1.82, 2.24) is 0 Å². The van der Waals surface area contributed by atoms with Crippen LogP contribution in [0.15, 0.2) is 48.5 Å². The first-order chi connectivity index (χ1) is 13.0. The van der Waals surface area contributed by atoms with Gasteiger partial charge in [-0.2, -0.15) is 0 Å². The maximum absolute atomic E-state index is 11.7. The number of hydrogen-bond acceptors (Lipinski definition) is 6. The first-order valence-electron chi connectivity index (χ1n) is 9.02. The summed E-state index contributed by atoms with van der Waals surface area (Å²) >= 11 is 0. The number of ether oxygens (including phenoxy) is 2. The fourth-order valence-electron chi connectivity index (χ4n) is 2.53. The Kier molecular flexibility index (Phi) is 8.16. The number of phenols is 2. The van der Waals surface area contributed by atoms with Gasteiger partial charge in [-0.3, -0.25) is 9.59 Å². The standard InChI is InChI=1S/C21H24O6/c22-16-8-6-10-18(14-16)26-20(24)12-4-2-1-3-5-13-21(25)27-19-11-7-9-17(23)15-19/h6-11,14-15,22-23H,1-5,12-13H2. The molecular weight excluding hydrogens is 348 g/mol. The molecule has 0 heterocycles. The van der Waals surface area contributed by atoms with E-state index in [2.05, 4.69) is 0 Å². The largest absolute Gasteiger partial charge is 0.508 e. The Morgan fingerprint density at radius 1 is 0.667 bits per heavy atom. The van der Waals surface area contributed by atoms with Crippen LogP contribution in [0.25, 0.3) is 0 Å². The van der Waals surface area contributed by atoms with Gasteiger partial charge in [0.15, 0.2) is 0 Å². The maximum Gasteiger partial charge on any atom is 0.311 e. The van der Waals surface area contributed by atoms with Gasteiger partial charge >= 0.3 is 11.9 Å². The highest BCUT2D eigenvalue weighted by Gasteiger charge is 2.07. The highest BCUT2D eigenvalue weighted by Crippen LogP contribution is 2.20. The van der Waals surface area contributed by atoms with Crippen LogP contribution in [0, 0.1) is 0 Å². The number of rotatable bonds is 10. The third-order valence-electron chi connectivity index (χ3n) is 3.86. The molecule has 27 heavy (non-hydrogen) atoms. The number of phenolic OH excluding ortho intramolecular Hbond substituents is 2. The SMILES string of the molecule is O=C(CCCCCCCC(=O)Oc1cccc(O)c1)Oc1cccc(O)c1. The molecule has 0 saturated heterocycles. The Balaban J connectivity index is 1.50. The molecular formula is C21H24O6. The first kappa shape index (κ1) is 20.3. The molecule has 2 N–H and O–H groups in total. The van der Waals surface area contributed by atoms with E-state index in [-0.39, 0.29) is 23.4 Å². The Bertz CT molecular complexity index is 692. The van der Waals surface area contributed by atoms with Crippen molar-refractivity contribution in [2.24, 2.45) is 0 Å². The highest BCUT2D eigenvalue weighted by atomic mass is 16.5. The minimum atomic E-state index is -0.324. The van der Waals surface area contributed by atoms with Gasteiger partial charge in [0.05, 0.1) is 0 Å². The summed E-state index contributed by atoms with van der Waals surface area (Å²) in [4.78, 5) is 23.4. The number of benzene rings is 2. The summed E-state index contributed by atoms with van der Waals surface area (Å²) in [5.41, 5.74) is 0. The van der Waals surface area contributed by atoms with Crippen LogP contribution in [-0.4, -0.2) is 22.2 Å². The topological polar surface area (TPSA) is 93.1 Å². The van der Waals surface area contributed by atoms with Crippen molar-refractivity contribution in [2.75, 3.05) is 0 Å². The molecule has 0 aliphatic heterocycles. The molecule has 0 fully saturated rings. The van der Waals surface area contributed by atoms with Gasteiger partial charge < -0.3 is 19.7 Å². The predicted molar refractivity (Wildman–Crippen MR) is 99.8 cm³/mol. The summed E-state index contributed by atoms with van der Waals surface area (Å²) in [5.74, 6) is 0.145. The quantitative estimate of drug-likeness (QED) is 0.366. The van der Waals surface area contributed by atoms with Crippen LogP contribution in [0.1, 0.15) is 44.9 Å². The third-order valence-corrected chi connectivity index (χ3v) is 3.86. The van der Waals surface area contributed by atoms with Crippen LogP contribution >= 0.6 is 0 Å². The van der Waals surface area contributed by atoms with E-state index in [1.54, 1.807) is 24.3 Å². The van der Waals surface area contributed by atoms with Crippen LogP contribution in [-0.2, 0) is 9.59 Å². The van der Waals surface area contributed by atoms with Crippen molar-refractivity contribution in [3.8, 4) is 23.0 Å². The molecule has 0 radical (unpaired) electrons. The predicted octanol–water partition coefficient (Wildman–Crippen LogP) is 4.34. The first-order valence-corrected chi connectivity index (χ1v) is 9.02. The van der Waals surface area contributed by atoms with E-state index in [0.29, 0.717) is 37.2 Å². The molecule has 2 rings (SSSR count). The molecule has 0 aromatic heterocycles. The maximum atomic E-state index is 11.7. The molecule has 0 aliphatic carbocycles. The second kappa shape index (κ2) is 10.9. The van der Waals surface area contributed by atoms with E-state index < -0.39 is 0 Å². The summed E-state index contributed by atoms with van der Waals surface area (Å²) < 4.78 is 10.3. The van der Waals surface area contributed by atoms with E-state index in [0.717, 1.165) is 19.3 Å². The van der Waals surface area contributed by atoms with Gasteiger partial charge in [-0.1, -0.05) is 31.4 Å². The number of aromatic hydroxyl groups is 2. The lowest BCUT2D eigenvalue weighted by atomic mass is 10.1. The van der Waals surface area contributed by atoms with Crippen molar-refractivity contribution in [3.05, 3.63) is 48.5 Å². The number of esters is 2. The average molecular weight is 372 g/mol. The van der Waals surface area contributed by atoms with Gasteiger partial charge in [-0.15, -0.1) is 0 Å². The van der Waals surface area contributed by atoms with Crippen LogP contribution in [0.2, 0.25) is 0 Å². The van der Waals surface area contributed by atoms with Crippen molar-refractivity contribution in [3.63, 3.8) is 0 Å². The molecule has 0 atom stereocenters. The van der Waals surface area contributed by atoms with Crippen LogP contribution in [0.4, 0.5) is 0 Å². The summed E-state index contributed by atoms with van der Waals surface area (Å²) in [6, 6.07) is 12.3. The molecule has 6 nitrogen and oxygen atoms in total. The van der Waals surface area contributed by atoms with E-state index in [9.17, 15) is 19.8 Å². The van der Waals surface area contributed by atoms with Crippen LogP contribution in [0.5, 0.6) is 23.0 Å². The van der Waals surface area contributed by atoms with Crippen molar-refractivity contribution in [2.45, 2.75) is 44.9 Å². The molecule has 0 amide bonds. The van der Waals surface area contributed by atoms with Gasteiger partial charge in [-0.25, -0.2) is 0 Å². The molecule has 0 bridgehead atoms. The second-order valence-corrected chi connectivity index (χ2v) is 6.21. The zero-order valence-corrected chi connectivity index (χ0v) is 15.1. The van der Waals surface area contributed by atoms with Gasteiger partial charge in [-0.05, 0) is 37.1 Å².